The van der Waals surface area contributed by atoms with Crippen molar-refractivity contribution in [3.63, 3.8) is 0 Å². The smallest absolute Gasteiger partial charge is 0.232 e. The second-order valence-corrected chi connectivity index (χ2v) is 8.40. The molecule has 1 fully saturated rings. The van der Waals surface area contributed by atoms with E-state index in [2.05, 4.69) is 40.9 Å². The van der Waals surface area contributed by atoms with Crippen molar-refractivity contribution in [1.29, 1.82) is 0 Å². The molecule has 1 aromatic carbocycles. The van der Waals surface area contributed by atoms with Gasteiger partial charge in [0.05, 0.1) is 18.3 Å². The van der Waals surface area contributed by atoms with Crippen LogP contribution >= 0.6 is 0 Å². The van der Waals surface area contributed by atoms with Gasteiger partial charge in [-0.1, -0.05) is 49.3 Å². The topological polar surface area (TPSA) is 62.0 Å². The molecule has 1 aromatic heterocycles. The van der Waals surface area contributed by atoms with Gasteiger partial charge in [0, 0.05) is 38.3 Å². The Morgan fingerprint density at radius 3 is 2.63 bits per heavy atom. The highest BCUT2D eigenvalue weighted by atomic mass is 16.5. The Kier molecular flexibility index (Phi) is 8.73. The van der Waals surface area contributed by atoms with E-state index in [-0.39, 0.29) is 0 Å². The Labute approximate surface area is 180 Å². The number of nitrogens with zero attached hydrogens (tertiary/aromatic N) is 3. The van der Waals surface area contributed by atoms with E-state index in [1.807, 2.05) is 25.1 Å². The van der Waals surface area contributed by atoms with E-state index in [1.54, 1.807) is 0 Å². The van der Waals surface area contributed by atoms with E-state index in [9.17, 15) is 5.11 Å². The molecule has 0 amide bonds. The Hall–Kier alpha value is -1.89. The van der Waals surface area contributed by atoms with Crippen LogP contribution in [0.1, 0.15) is 45.6 Å². The van der Waals surface area contributed by atoms with Crippen LogP contribution in [0.25, 0.3) is 11.3 Å². The van der Waals surface area contributed by atoms with Crippen LogP contribution in [0.5, 0.6) is 0 Å². The van der Waals surface area contributed by atoms with Gasteiger partial charge in [0.15, 0.2) is 0 Å². The van der Waals surface area contributed by atoms with Crippen LogP contribution in [0.3, 0.4) is 0 Å². The summed E-state index contributed by atoms with van der Waals surface area (Å²) in [6, 6.07) is 10.2. The Bertz CT molecular complexity index is 741. The molecule has 2 heterocycles. The predicted molar refractivity (Wildman–Crippen MR) is 121 cm³/mol. The number of aromatic nitrogens is 1. The van der Waals surface area contributed by atoms with Crippen molar-refractivity contribution in [2.24, 2.45) is 5.92 Å². The maximum absolute atomic E-state index is 10.4. The summed E-state index contributed by atoms with van der Waals surface area (Å²) in [5.41, 5.74) is 3.09. The molecule has 3 rings (SSSR count). The number of benzene rings is 1. The number of ether oxygens (including phenoxy) is 1. The Morgan fingerprint density at radius 1 is 1.23 bits per heavy atom. The standard InChI is InChI=1S/C24H37N3O3/c1-4-13-26(16-21(28)18-29-5-2)17-22-23(20-9-7-6-8-10-20)25-30-24(22)27-14-11-19(3)12-15-27/h6-10,19,21,28H,4-5,11-18H2,1-3H3/t21-/m0/s1. The highest BCUT2D eigenvalue weighted by Gasteiger charge is 2.27. The van der Waals surface area contributed by atoms with Crippen molar-refractivity contribution in [2.45, 2.75) is 52.7 Å². The molecule has 6 nitrogen and oxygen atoms in total. The van der Waals surface area contributed by atoms with E-state index in [4.69, 9.17) is 9.26 Å². The summed E-state index contributed by atoms with van der Waals surface area (Å²) in [4.78, 5) is 4.63. The van der Waals surface area contributed by atoms with Gasteiger partial charge < -0.3 is 19.3 Å². The summed E-state index contributed by atoms with van der Waals surface area (Å²) in [5.74, 6) is 1.65. The van der Waals surface area contributed by atoms with Crippen LogP contribution in [0.4, 0.5) is 5.88 Å². The second kappa shape index (κ2) is 11.5. The van der Waals surface area contributed by atoms with Crippen LogP contribution in [-0.2, 0) is 11.3 Å². The lowest BCUT2D eigenvalue weighted by Crippen LogP contribution is -2.36. The first-order valence-electron chi connectivity index (χ1n) is 11.4. The van der Waals surface area contributed by atoms with E-state index >= 15 is 0 Å². The average Bonchev–Trinajstić information content (AvgIpc) is 3.17. The van der Waals surface area contributed by atoms with Crippen LogP contribution < -0.4 is 4.90 Å². The number of hydrogen-bond donors (Lipinski definition) is 1. The number of rotatable bonds is 11. The van der Waals surface area contributed by atoms with Gasteiger partial charge in [0.1, 0.15) is 5.69 Å². The highest BCUT2D eigenvalue weighted by Crippen LogP contribution is 2.34. The molecule has 6 heteroatoms. The van der Waals surface area contributed by atoms with Crippen molar-refractivity contribution in [3.8, 4) is 11.3 Å². The fraction of sp³-hybridized carbons (Fsp3) is 0.625. The lowest BCUT2D eigenvalue weighted by atomic mass is 9.98. The molecule has 0 bridgehead atoms. The predicted octanol–water partition coefficient (Wildman–Crippen LogP) is 4.19. The fourth-order valence-corrected chi connectivity index (χ4v) is 4.11. The van der Waals surface area contributed by atoms with Gasteiger partial charge in [-0.15, -0.1) is 0 Å². The molecule has 1 saturated heterocycles. The van der Waals surface area contributed by atoms with Gasteiger partial charge in [-0.25, -0.2) is 0 Å². The third-order valence-electron chi connectivity index (χ3n) is 5.79. The van der Waals surface area contributed by atoms with Gasteiger partial charge in [-0.3, -0.25) is 4.90 Å². The molecule has 1 N–H and O–H groups in total. The molecule has 0 unspecified atom stereocenters. The number of aliphatic hydroxyl groups is 1. The van der Waals surface area contributed by atoms with Gasteiger partial charge in [0.2, 0.25) is 5.88 Å². The Morgan fingerprint density at radius 2 is 1.97 bits per heavy atom. The van der Waals surface area contributed by atoms with Crippen molar-refractivity contribution in [1.82, 2.24) is 10.1 Å². The summed E-state index contributed by atoms with van der Waals surface area (Å²) >= 11 is 0. The first-order valence-corrected chi connectivity index (χ1v) is 11.4. The first kappa shape index (κ1) is 22.8. The molecule has 2 aromatic rings. The van der Waals surface area contributed by atoms with Gasteiger partial charge in [-0.05, 0) is 38.6 Å². The zero-order chi connectivity index (χ0) is 21.3. The molecule has 166 valence electrons. The van der Waals surface area contributed by atoms with Gasteiger partial charge >= 0.3 is 0 Å². The Balaban J connectivity index is 1.86. The van der Waals surface area contributed by atoms with Crippen LogP contribution in [-0.4, -0.2) is 60.7 Å². The zero-order valence-electron chi connectivity index (χ0n) is 18.7. The molecule has 0 radical (unpaired) electrons. The summed E-state index contributed by atoms with van der Waals surface area (Å²) in [5, 5.41) is 14.9. The van der Waals surface area contributed by atoms with Gasteiger partial charge in [0.25, 0.3) is 0 Å². The summed E-state index contributed by atoms with van der Waals surface area (Å²) in [6.07, 6.45) is 2.86. The van der Waals surface area contributed by atoms with E-state index in [1.165, 1.54) is 12.8 Å². The van der Waals surface area contributed by atoms with Crippen molar-refractivity contribution >= 4 is 5.88 Å². The molecule has 1 aliphatic rings. The molecule has 1 aliphatic heterocycles. The van der Waals surface area contributed by atoms with Crippen molar-refractivity contribution in [3.05, 3.63) is 35.9 Å². The normalized spacial score (nSPS) is 16.4. The number of piperidine rings is 1. The number of aliphatic hydroxyl groups excluding tert-OH is 1. The molecule has 30 heavy (non-hydrogen) atoms. The maximum atomic E-state index is 10.4. The lowest BCUT2D eigenvalue weighted by molar-refractivity contribution is 0.0196. The summed E-state index contributed by atoms with van der Waals surface area (Å²) in [6.45, 7) is 11.6. The minimum absolute atomic E-state index is 0.364. The summed E-state index contributed by atoms with van der Waals surface area (Å²) in [7, 11) is 0. The monoisotopic (exact) mass is 415 g/mol. The average molecular weight is 416 g/mol. The quantitative estimate of drug-likeness (QED) is 0.594. The van der Waals surface area contributed by atoms with E-state index in [0.717, 1.165) is 54.7 Å². The molecule has 0 aliphatic carbocycles. The van der Waals surface area contributed by atoms with Crippen molar-refractivity contribution < 1.29 is 14.4 Å². The third-order valence-corrected chi connectivity index (χ3v) is 5.79. The van der Waals surface area contributed by atoms with Crippen LogP contribution in [0, 0.1) is 5.92 Å². The molecular formula is C24H37N3O3. The van der Waals surface area contributed by atoms with Crippen LogP contribution in [0.2, 0.25) is 0 Å². The van der Waals surface area contributed by atoms with E-state index < -0.39 is 6.10 Å². The summed E-state index contributed by atoms with van der Waals surface area (Å²) < 4.78 is 11.4. The van der Waals surface area contributed by atoms with Crippen molar-refractivity contribution in [2.75, 3.05) is 44.3 Å². The number of hydrogen-bond acceptors (Lipinski definition) is 6. The molecular weight excluding hydrogens is 378 g/mol. The lowest BCUT2D eigenvalue weighted by Gasteiger charge is -2.31. The molecule has 0 saturated carbocycles. The van der Waals surface area contributed by atoms with Gasteiger partial charge in [-0.2, -0.15) is 0 Å². The first-order chi connectivity index (χ1) is 14.6. The molecule has 1 atom stereocenters. The van der Waals surface area contributed by atoms with Crippen LogP contribution in [0.15, 0.2) is 34.9 Å². The minimum Gasteiger partial charge on any atom is -0.389 e. The number of anilines is 1. The van der Waals surface area contributed by atoms with E-state index in [0.29, 0.717) is 26.3 Å². The zero-order valence-corrected chi connectivity index (χ0v) is 18.7. The maximum Gasteiger partial charge on any atom is 0.232 e. The largest absolute Gasteiger partial charge is 0.389 e. The highest BCUT2D eigenvalue weighted by molar-refractivity contribution is 5.68. The second-order valence-electron chi connectivity index (χ2n) is 8.40. The third kappa shape index (κ3) is 6.06. The minimum atomic E-state index is -0.504. The fourth-order valence-electron chi connectivity index (χ4n) is 4.11. The molecule has 0 spiro atoms. The SMILES string of the molecule is CCCN(Cc1c(-c2ccccc2)noc1N1CCC(C)CC1)C[C@H](O)COCC.